The first-order valence-electron chi connectivity index (χ1n) is 7.79. The van der Waals surface area contributed by atoms with E-state index in [0.29, 0.717) is 30.0 Å². The molecule has 0 radical (unpaired) electrons. The Balaban J connectivity index is 2.17. The molecule has 3 heterocycles. The van der Waals surface area contributed by atoms with Gasteiger partial charge in [0.1, 0.15) is 23.3 Å². The molecule has 0 saturated carbocycles. The first-order chi connectivity index (χ1) is 11.5. The predicted molar refractivity (Wildman–Crippen MR) is 87.0 cm³/mol. The number of furan rings is 1. The summed E-state index contributed by atoms with van der Waals surface area (Å²) in [6.07, 6.45) is 3.73. The Labute approximate surface area is 139 Å². The highest BCUT2D eigenvalue weighted by Crippen LogP contribution is 2.39. The fraction of sp³-hybridized carbons (Fsp3) is 0.278. The van der Waals surface area contributed by atoms with Crippen LogP contribution in [0.5, 0.6) is 0 Å². The van der Waals surface area contributed by atoms with Gasteiger partial charge in [0.15, 0.2) is 0 Å². The maximum Gasteiger partial charge on any atom is 0.295 e. The number of nitrogens with zero attached hydrogens (tertiary/aromatic N) is 2. The summed E-state index contributed by atoms with van der Waals surface area (Å²) in [5, 5.41) is 10.6. The molecule has 3 rings (SSSR count). The van der Waals surface area contributed by atoms with Gasteiger partial charge in [0.2, 0.25) is 0 Å². The Morgan fingerprint density at radius 1 is 1.25 bits per heavy atom. The molecule has 6 heteroatoms. The maximum atomic E-state index is 12.5. The van der Waals surface area contributed by atoms with E-state index in [-0.39, 0.29) is 11.3 Å². The van der Waals surface area contributed by atoms with Crippen LogP contribution in [-0.2, 0) is 9.59 Å². The number of ketones is 1. The summed E-state index contributed by atoms with van der Waals surface area (Å²) in [5.74, 6) is -0.386. The zero-order chi connectivity index (χ0) is 17.3. The standard InChI is InChI=1S/C18H18N2O4/c1-3-10-20-15(13-5-4-11(2)24-13)14(17(22)18(20)23)16(21)12-6-8-19-9-7-12/h4-9,15,21H,3,10H2,1-2H3/b16-14-. The SMILES string of the molecule is CCCN1C(=O)C(=O)/C(=C(\O)c2ccncc2)C1c1ccc(C)o1. The van der Waals surface area contributed by atoms with Gasteiger partial charge in [0, 0.05) is 24.5 Å². The van der Waals surface area contributed by atoms with Gasteiger partial charge in [0.05, 0.1) is 5.57 Å². The minimum absolute atomic E-state index is 0.0500. The van der Waals surface area contributed by atoms with Gasteiger partial charge in [-0.2, -0.15) is 0 Å². The van der Waals surface area contributed by atoms with Crippen LogP contribution in [0, 0.1) is 6.92 Å². The molecule has 6 nitrogen and oxygen atoms in total. The molecule has 0 aliphatic carbocycles. The van der Waals surface area contributed by atoms with Crippen molar-refractivity contribution in [2.24, 2.45) is 0 Å². The summed E-state index contributed by atoms with van der Waals surface area (Å²) in [4.78, 5) is 30.3. The molecule has 1 aliphatic heterocycles. The number of aromatic nitrogens is 1. The average Bonchev–Trinajstić information content (AvgIpc) is 3.12. The lowest BCUT2D eigenvalue weighted by Crippen LogP contribution is -2.30. The van der Waals surface area contributed by atoms with Crippen LogP contribution in [0.4, 0.5) is 0 Å². The minimum atomic E-state index is -0.716. The molecular weight excluding hydrogens is 308 g/mol. The Hall–Kier alpha value is -2.89. The summed E-state index contributed by atoms with van der Waals surface area (Å²) < 4.78 is 5.65. The normalized spacial score (nSPS) is 19.9. The van der Waals surface area contributed by atoms with E-state index in [1.165, 1.54) is 17.3 Å². The molecule has 1 aliphatic rings. The van der Waals surface area contributed by atoms with Gasteiger partial charge in [-0.05, 0) is 37.6 Å². The van der Waals surface area contributed by atoms with E-state index in [0.717, 1.165) is 0 Å². The lowest BCUT2D eigenvalue weighted by atomic mass is 10.00. The van der Waals surface area contributed by atoms with Crippen LogP contribution in [0.25, 0.3) is 5.76 Å². The average molecular weight is 326 g/mol. The first kappa shape index (κ1) is 16.0. The van der Waals surface area contributed by atoms with Crippen LogP contribution in [0.15, 0.2) is 46.6 Å². The summed E-state index contributed by atoms with van der Waals surface area (Å²) in [6, 6.07) is 5.97. The van der Waals surface area contributed by atoms with E-state index in [2.05, 4.69) is 4.98 Å². The number of amides is 1. The van der Waals surface area contributed by atoms with Crippen molar-refractivity contribution in [2.45, 2.75) is 26.3 Å². The van der Waals surface area contributed by atoms with Crippen molar-refractivity contribution < 1.29 is 19.1 Å². The number of aryl methyl sites for hydroxylation is 1. The number of aliphatic hydroxyl groups excluding tert-OH is 1. The molecule has 0 bridgehead atoms. The number of aliphatic hydroxyl groups is 1. The second-order valence-corrected chi connectivity index (χ2v) is 5.68. The molecule has 124 valence electrons. The summed E-state index contributed by atoms with van der Waals surface area (Å²) in [7, 11) is 0. The Morgan fingerprint density at radius 3 is 2.54 bits per heavy atom. The fourth-order valence-corrected chi connectivity index (χ4v) is 2.91. The monoisotopic (exact) mass is 326 g/mol. The topological polar surface area (TPSA) is 83.6 Å². The number of pyridine rings is 1. The van der Waals surface area contributed by atoms with Gasteiger partial charge in [-0.1, -0.05) is 6.92 Å². The maximum absolute atomic E-state index is 12.5. The molecule has 1 atom stereocenters. The molecular formula is C18H18N2O4. The van der Waals surface area contributed by atoms with Gasteiger partial charge in [0.25, 0.3) is 11.7 Å². The van der Waals surface area contributed by atoms with E-state index in [1.54, 1.807) is 31.2 Å². The molecule has 1 fully saturated rings. The van der Waals surface area contributed by atoms with Crippen LogP contribution < -0.4 is 0 Å². The Kier molecular flexibility index (Phi) is 4.20. The van der Waals surface area contributed by atoms with Crippen molar-refractivity contribution in [2.75, 3.05) is 6.54 Å². The molecule has 1 saturated heterocycles. The smallest absolute Gasteiger partial charge is 0.295 e. The number of hydrogen-bond donors (Lipinski definition) is 1. The molecule has 1 unspecified atom stereocenters. The van der Waals surface area contributed by atoms with Crippen LogP contribution in [0.1, 0.15) is 36.5 Å². The zero-order valence-electron chi connectivity index (χ0n) is 13.5. The molecule has 1 N–H and O–H groups in total. The van der Waals surface area contributed by atoms with E-state index >= 15 is 0 Å². The third-order valence-corrected chi connectivity index (χ3v) is 3.99. The van der Waals surface area contributed by atoms with Crippen molar-refractivity contribution in [3.63, 3.8) is 0 Å². The number of carbonyl (C=O) groups is 2. The summed E-state index contributed by atoms with van der Waals surface area (Å²) in [5.41, 5.74) is 0.488. The first-order valence-corrected chi connectivity index (χ1v) is 7.79. The molecule has 1 amide bonds. The van der Waals surface area contributed by atoms with Crippen LogP contribution in [-0.4, -0.2) is 33.2 Å². The van der Waals surface area contributed by atoms with Gasteiger partial charge < -0.3 is 14.4 Å². The summed E-state index contributed by atoms with van der Waals surface area (Å²) >= 11 is 0. The quantitative estimate of drug-likeness (QED) is 0.530. The second kappa shape index (κ2) is 6.31. The zero-order valence-corrected chi connectivity index (χ0v) is 13.5. The lowest BCUT2D eigenvalue weighted by Gasteiger charge is -2.22. The fourth-order valence-electron chi connectivity index (χ4n) is 2.91. The van der Waals surface area contributed by atoms with E-state index in [4.69, 9.17) is 4.42 Å². The highest BCUT2D eigenvalue weighted by Gasteiger charge is 2.47. The molecule has 0 spiro atoms. The number of Topliss-reactive ketones (excluding diaryl/α,β-unsaturated/α-hetero) is 1. The van der Waals surface area contributed by atoms with Crippen molar-refractivity contribution >= 4 is 17.4 Å². The highest BCUT2D eigenvalue weighted by atomic mass is 16.3. The summed E-state index contributed by atoms with van der Waals surface area (Å²) in [6.45, 7) is 4.12. The van der Waals surface area contributed by atoms with Gasteiger partial charge >= 0.3 is 0 Å². The third kappa shape index (κ3) is 2.60. The van der Waals surface area contributed by atoms with Crippen molar-refractivity contribution in [1.29, 1.82) is 0 Å². The number of rotatable bonds is 4. The van der Waals surface area contributed by atoms with E-state index < -0.39 is 17.7 Å². The van der Waals surface area contributed by atoms with Gasteiger partial charge in [-0.25, -0.2) is 0 Å². The largest absolute Gasteiger partial charge is 0.507 e. The van der Waals surface area contributed by atoms with E-state index in [9.17, 15) is 14.7 Å². The molecule has 2 aromatic rings. The molecule has 24 heavy (non-hydrogen) atoms. The Morgan fingerprint density at radius 2 is 1.96 bits per heavy atom. The van der Waals surface area contributed by atoms with Gasteiger partial charge in [-0.3, -0.25) is 14.6 Å². The predicted octanol–water partition coefficient (Wildman–Crippen LogP) is 2.81. The number of carbonyl (C=O) groups excluding carboxylic acids is 2. The van der Waals surface area contributed by atoms with Crippen molar-refractivity contribution in [3.8, 4) is 0 Å². The van der Waals surface area contributed by atoms with E-state index in [1.807, 2.05) is 6.92 Å². The number of likely N-dealkylation sites (tertiary alicyclic amines) is 1. The van der Waals surface area contributed by atoms with Crippen LogP contribution >= 0.6 is 0 Å². The molecule has 2 aromatic heterocycles. The highest BCUT2D eigenvalue weighted by molar-refractivity contribution is 6.46. The third-order valence-electron chi connectivity index (χ3n) is 3.99. The van der Waals surface area contributed by atoms with Gasteiger partial charge in [-0.15, -0.1) is 0 Å². The minimum Gasteiger partial charge on any atom is -0.507 e. The second-order valence-electron chi connectivity index (χ2n) is 5.68. The lowest BCUT2D eigenvalue weighted by molar-refractivity contribution is -0.140. The van der Waals surface area contributed by atoms with Crippen molar-refractivity contribution in [3.05, 3.63) is 59.3 Å². The Bertz CT molecular complexity index is 807. The number of hydrogen-bond acceptors (Lipinski definition) is 5. The molecule has 0 aromatic carbocycles. The van der Waals surface area contributed by atoms with Crippen LogP contribution in [0.3, 0.4) is 0 Å². The van der Waals surface area contributed by atoms with Crippen molar-refractivity contribution in [1.82, 2.24) is 9.88 Å². The van der Waals surface area contributed by atoms with Crippen LogP contribution in [0.2, 0.25) is 0 Å².